The molecule has 1 fully saturated rings. The topological polar surface area (TPSA) is 0 Å². The average Bonchev–Trinajstić information content (AvgIpc) is 1.56. The van der Waals surface area contributed by atoms with Crippen molar-refractivity contribution in [3.8, 4) is 0 Å². The lowest BCUT2D eigenvalue weighted by atomic mass is 9.64. The van der Waals surface area contributed by atoms with E-state index in [4.69, 9.17) is 0 Å². The smallest absolute Gasteiger partial charge is 0.0360 e. The summed E-state index contributed by atoms with van der Waals surface area (Å²) in [6, 6.07) is 0. The van der Waals surface area contributed by atoms with E-state index in [9.17, 15) is 0 Å². The van der Waals surface area contributed by atoms with Crippen molar-refractivity contribution in [3.05, 3.63) is 0 Å². The van der Waals surface area contributed by atoms with Crippen LogP contribution in [0.2, 0.25) is 0 Å². The van der Waals surface area contributed by atoms with Gasteiger partial charge in [-0.05, 0) is 36.5 Å². The molecular formula is C10H20. The molecule has 0 heterocycles. The van der Waals surface area contributed by atoms with Gasteiger partial charge in [-0.1, -0.05) is 27.7 Å². The predicted octanol–water partition coefficient (Wildman–Crippen LogP) is 3.32. The van der Waals surface area contributed by atoms with Crippen LogP contribution >= 0.6 is 0 Å². The summed E-state index contributed by atoms with van der Waals surface area (Å²) < 4.78 is 0. The molecule has 0 aromatic carbocycles. The lowest BCUT2D eigenvalue weighted by Crippen LogP contribution is -2.33. The summed E-state index contributed by atoms with van der Waals surface area (Å²) in [5, 5.41) is 0. The van der Waals surface area contributed by atoms with E-state index in [0.29, 0.717) is 0 Å². The maximum Gasteiger partial charge on any atom is -0.0360 e. The molecule has 0 amide bonds. The zero-order valence-electron chi connectivity index (χ0n) is 7.72. The van der Waals surface area contributed by atoms with Crippen molar-refractivity contribution in [2.45, 2.75) is 40.5 Å². The fourth-order valence-electron chi connectivity index (χ4n) is 2.21. The van der Waals surface area contributed by atoms with Crippen LogP contribution in [-0.2, 0) is 0 Å². The largest absolute Gasteiger partial charge is 0.0625 e. The highest BCUT2D eigenvalue weighted by molar-refractivity contribution is 4.84. The molecule has 1 rings (SSSR count). The molecule has 1 saturated carbocycles. The first kappa shape index (κ1) is 8.10. The SMILES string of the molecule is CC(C)[C@@H]1CC[C@H]1C(C)C. The van der Waals surface area contributed by atoms with Crippen LogP contribution in [0.1, 0.15) is 40.5 Å². The summed E-state index contributed by atoms with van der Waals surface area (Å²) in [5.41, 5.74) is 0. The van der Waals surface area contributed by atoms with Gasteiger partial charge >= 0.3 is 0 Å². The van der Waals surface area contributed by atoms with Gasteiger partial charge in [0.15, 0.2) is 0 Å². The minimum Gasteiger partial charge on any atom is -0.0625 e. The zero-order valence-corrected chi connectivity index (χ0v) is 7.72. The third-order valence-electron chi connectivity index (χ3n) is 3.10. The van der Waals surface area contributed by atoms with Crippen molar-refractivity contribution in [1.82, 2.24) is 0 Å². The van der Waals surface area contributed by atoms with Crippen LogP contribution in [0.3, 0.4) is 0 Å². The van der Waals surface area contributed by atoms with E-state index >= 15 is 0 Å². The Balaban J connectivity index is 2.36. The van der Waals surface area contributed by atoms with Gasteiger partial charge in [-0.3, -0.25) is 0 Å². The first-order valence-corrected chi connectivity index (χ1v) is 4.63. The highest BCUT2D eigenvalue weighted by Gasteiger charge is 2.34. The lowest BCUT2D eigenvalue weighted by molar-refractivity contribution is 0.0793. The quantitative estimate of drug-likeness (QED) is 0.552. The predicted molar refractivity (Wildman–Crippen MR) is 45.9 cm³/mol. The number of hydrogen-bond acceptors (Lipinski definition) is 0. The molecule has 0 unspecified atom stereocenters. The lowest BCUT2D eigenvalue weighted by Gasteiger charge is -2.42. The van der Waals surface area contributed by atoms with E-state index < -0.39 is 0 Å². The van der Waals surface area contributed by atoms with Crippen LogP contribution in [0.4, 0.5) is 0 Å². The highest BCUT2D eigenvalue weighted by Crippen LogP contribution is 2.43. The van der Waals surface area contributed by atoms with Crippen molar-refractivity contribution in [1.29, 1.82) is 0 Å². The number of hydrogen-bond donors (Lipinski definition) is 0. The molecule has 0 nitrogen and oxygen atoms in total. The Morgan fingerprint density at radius 1 is 0.800 bits per heavy atom. The molecular weight excluding hydrogens is 120 g/mol. The van der Waals surface area contributed by atoms with Crippen molar-refractivity contribution in [2.24, 2.45) is 23.7 Å². The Morgan fingerprint density at radius 2 is 1.10 bits per heavy atom. The molecule has 0 bridgehead atoms. The third kappa shape index (κ3) is 1.36. The molecule has 0 N–H and O–H groups in total. The minimum atomic E-state index is 0.918. The Labute approximate surface area is 65.0 Å². The van der Waals surface area contributed by atoms with Crippen LogP contribution < -0.4 is 0 Å². The average molecular weight is 140 g/mol. The third-order valence-corrected chi connectivity index (χ3v) is 3.10. The summed E-state index contributed by atoms with van der Waals surface area (Å²) in [4.78, 5) is 0. The maximum atomic E-state index is 2.36. The van der Waals surface area contributed by atoms with Gasteiger partial charge in [0.25, 0.3) is 0 Å². The van der Waals surface area contributed by atoms with Gasteiger partial charge in [0.05, 0.1) is 0 Å². The van der Waals surface area contributed by atoms with Gasteiger partial charge in [-0.2, -0.15) is 0 Å². The Kier molecular flexibility index (Phi) is 2.38. The number of rotatable bonds is 2. The minimum absolute atomic E-state index is 0.918. The van der Waals surface area contributed by atoms with Gasteiger partial charge in [0.1, 0.15) is 0 Å². The molecule has 0 aliphatic heterocycles. The second-order valence-corrected chi connectivity index (χ2v) is 4.39. The molecule has 10 heavy (non-hydrogen) atoms. The van der Waals surface area contributed by atoms with Crippen molar-refractivity contribution >= 4 is 0 Å². The van der Waals surface area contributed by atoms with Crippen LogP contribution in [0.25, 0.3) is 0 Å². The summed E-state index contributed by atoms with van der Waals surface area (Å²) in [7, 11) is 0. The van der Waals surface area contributed by atoms with Crippen LogP contribution in [-0.4, -0.2) is 0 Å². The molecule has 2 atom stereocenters. The summed E-state index contributed by atoms with van der Waals surface area (Å²) in [6.07, 6.45) is 2.97. The molecule has 1 aliphatic carbocycles. The fourth-order valence-corrected chi connectivity index (χ4v) is 2.21. The molecule has 0 spiro atoms. The van der Waals surface area contributed by atoms with E-state index in [1.165, 1.54) is 12.8 Å². The van der Waals surface area contributed by atoms with E-state index in [2.05, 4.69) is 27.7 Å². The highest BCUT2D eigenvalue weighted by atomic mass is 14.4. The molecule has 0 saturated heterocycles. The van der Waals surface area contributed by atoms with Crippen LogP contribution in [0, 0.1) is 23.7 Å². The molecule has 0 aromatic heterocycles. The monoisotopic (exact) mass is 140 g/mol. The molecule has 0 radical (unpaired) electrons. The second kappa shape index (κ2) is 2.94. The van der Waals surface area contributed by atoms with Crippen molar-refractivity contribution < 1.29 is 0 Å². The van der Waals surface area contributed by atoms with Crippen LogP contribution in [0.5, 0.6) is 0 Å². The Bertz CT molecular complexity index is 88.6. The van der Waals surface area contributed by atoms with E-state index in [-0.39, 0.29) is 0 Å². The first-order valence-electron chi connectivity index (χ1n) is 4.63. The second-order valence-electron chi connectivity index (χ2n) is 4.39. The van der Waals surface area contributed by atoms with E-state index in [1.54, 1.807) is 0 Å². The van der Waals surface area contributed by atoms with Crippen molar-refractivity contribution in [2.75, 3.05) is 0 Å². The normalized spacial score (nSPS) is 33.0. The van der Waals surface area contributed by atoms with Gasteiger partial charge < -0.3 is 0 Å². The zero-order chi connectivity index (χ0) is 7.72. The molecule has 1 aliphatic rings. The molecule has 0 heteroatoms. The molecule has 0 aromatic rings. The van der Waals surface area contributed by atoms with Gasteiger partial charge in [0, 0.05) is 0 Å². The van der Waals surface area contributed by atoms with Crippen LogP contribution in [0.15, 0.2) is 0 Å². The summed E-state index contributed by atoms with van der Waals surface area (Å²) >= 11 is 0. The Morgan fingerprint density at radius 3 is 1.20 bits per heavy atom. The standard InChI is InChI=1S/C10H20/c1-7(2)9-5-6-10(9)8(3)4/h7-10H,5-6H2,1-4H3/t9-,10-/m0/s1. The fraction of sp³-hybridized carbons (Fsp3) is 1.00. The van der Waals surface area contributed by atoms with Gasteiger partial charge in [-0.15, -0.1) is 0 Å². The first-order chi connectivity index (χ1) is 4.63. The van der Waals surface area contributed by atoms with E-state index in [0.717, 1.165) is 23.7 Å². The van der Waals surface area contributed by atoms with Gasteiger partial charge in [-0.25, -0.2) is 0 Å². The van der Waals surface area contributed by atoms with Gasteiger partial charge in [0.2, 0.25) is 0 Å². The van der Waals surface area contributed by atoms with E-state index in [1.807, 2.05) is 0 Å². The molecule has 60 valence electrons. The summed E-state index contributed by atoms with van der Waals surface area (Å²) in [5.74, 6) is 3.92. The van der Waals surface area contributed by atoms with Crippen molar-refractivity contribution in [3.63, 3.8) is 0 Å². The summed E-state index contributed by atoms with van der Waals surface area (Å²) in [6.45, 7) is 9.44. The Hall–Kier alpha value is 0. The maximum absolute atomic E-state index is 2.36.